The van der Waals surface area contributed by atoms with Crippen LogP contribution in [-0.4, -0.2) is 12.6 Å². The predicted octanol–water partition coefficient (Wildman–Crippen LogP) is 2.70. The average molecular weight is 271 g/mol. The molecule has 2 N–H and O–H groups in total. The number of carbonyl (C=O) groups is 1. The largest absolute Gasteiger partial charge is 0.482 e. The van der Waals surface area contributed by atoms with Gasteiger partial charge in [-0.05, 0) is 42.3 Å². The summed E-state index contributed by atoms with van der Waals surface area (Å²) in [5.41, 5.74) is 8.30. The summed E-state index contributed by atoms with van der Waals surface area (Å²) in [7, 11) is 0. The molecular weight excluding hydrogens is 254 g/mol. The molecule has 4 nitrogen and oxygen atoms in total. The summed E-state index contributed by atoms with van der Waals surface area (Å²) in [6.07, 6.45) is 0. The molecule has 0 bridgehead atoms. The third-order valence-corrected chi connectivity index (χ3v) is 2.89. The molecule has 0 aromatic heterocycles. The molecule has 4 heteroatoms. The third-order valence-electron chi connectivity index (χ3n) is 2.89. The first-order valence-corrected chi connectivity index (χ1v) is 6.33. The van der Waals surface area contributed by atoms with Gasteiger partial charge in [0.15, 0.2) is 6.61 Å². The number of aryl methyl sites for hydroxylation is 1. The molecular formula is C16H17NO3. The molecule has 0 fully saturated rings. The van der Waals surface area contributed by atoms with Crippen molar-refractivity contribution in [2.45, 2.75) is 13.5 Å². The van der Waals surface area contributed by atoms with E-state index in [4.69, 9.17) is 15.2 Å². The first-order chi connectivity index (χ1) is 9.65. The number of ether oxygens (including phenoxy) is 2. The van der Waals surface area contributed by atoms with Gasteiger partial charge < -0.3 is 15.2 Å². The smallest absolute Gasteiger partial charge is 0.344 e. The highest BCUT2D eigenvalue weighted by atomic mass is 16.6. The minimum atomic E-state index is -0.398. The van der Waals surface area contributed by atoms with E-state index in [0.717, 1.165) is 11.1 Å². The molecule has 0 aliphatic heterocycles. The van der Waals surface area contributed by atoms with E-state index >= 15 is 0 Å². The van der Waals surface area contributed by atoms with Crippen LogP contribution in [0.2, 0.25) is 0 Å². The fraction of sp³-hybridized carbons (Fsp3) is 0.188. The lowest BCUT2D eigenvalue weighted by atomic mass is 10.1. The number of hydrogen-bond donors (Lipinski definition) is 1. The lowest BCUT2D eigenvalue weighted by Gasteiger charge is -2.08. The van der Waals surface area contributed by atoms with Crippen LogP contribution in [0.4, 0.5) is 5.69 Å². The van der Waals surface area contributed by atoms with E-state index < -0.39 is 5.97 Å². The van der Waals surface area contributed by atoms with Crippen molar-refractivity contribution < 1.29 is 14.3 Å². The van der Waals surface area contributed by atoms with Crippen LogP contribution in [0.1, 0.15) is 11.1 Å². The van der Waals surface area contributed by atoms with Gasteiger partial charge in [0, 0.05) is 5.69 Å². The van der Waals surface area contributed by atoms with Gasteiger partial charge in [-0.1, -0.05) is 24.3 Å². The van der Waals surface area contributed by atoms with E-state index in [1.54, 1.807) is 24.3 Å². The Morgan fingerprint density at radius 1 is 1.10 bits per heavy atom. The van der Waals surface area contributed by atoms with Crippen molar-refractivity contribution in [2.24, 2.45) is 0 Å². The minimum Gasteiger partial charge on any atom is -0.482 e. The van der Waals surface area contributed by atoms with Crippen molar-refractivity contribution in [1.29, 1.82) is 0 Å². The first kappa shape index (κ1) is 13.9. The Hall–Kier alpha value is -2.49. The van der Waals surface area contributed by atoms with E-state index in [0.29, 0.717) is 11.4 Å². The molecule has 0 heterocycles. The van der Waals surface area contributed by atoms with Gasteiger partial charge in [0.05, 0.1) is 0 Å². The summed E-state index contributed by atoms with van der Waals surface area (Å²) < 4.78 is 10.5. The number of nitrogens with two attached hydrogens (primary N) is 1. The molecule has 2 aromatic rings. The zero-order valence-corrected chi connectivity index (χ0v) is 11.3. The van der Waals surface area contributed by atoms with Gasteiger partial charge in [0.25, 0.3) is 0 Å². The molecule has 0 amide bonds. The monoisotopic (exact) mass is 271 g/mol. The molecule has 0 saturated heterocycles. The molecule has 0 aliphatic carbocycles. The van der Waals surface area contributed by atoms with Crippen LogP contribution >= 0.6 is 0 Å². The van der Waals surface area contributed by atoms with Crippen molar-refractivity contribution in [3.05, 3.63) is 59.7 Å². The number of nitrogen functional groups attached to an aromatic ring is 1. The van der Waals surface area contributed by atoms with Crippen molar-refractivity contribution in [3.63, 3.8) is 0 Å². The molecule has 0 radical (unpaired) electrons. The van der Waals surface area contributed by atoms with Gasteiger partial charge in [-0.15, -0.1) is 0 Å². The molecule has 104 valence electrons. The molecule has 0 unspecified atom stereocenters. The van der Waals surface area contributed by atoms with Crippen LogP contribution < -0.4 is 10.5 Å². The summed E-state index contributed by atoms with van der Waals surface area (Å²) in [5.74, 6) is 0.192. The van der Waals surface area contributed by atoms with Crippen LogP contribution in [0.5, 0.6) is 5.75 Å². The number of hydrogen-bond acceptors (Lipinski definition) is 4. The Labute approximate surface area is 118 Å². The molecule has 20 heavy (non-hydrogen) atoms. The number of anilines is 1. The maximum atomic E-state index is 11.6. The average Bonchev–Trinajstić information content (AvgIpc) is 2.46. The molecule has 0 atom stereocenters. The van der Waals surface area contributed by atoms with Gasteiger partial charge in [0.1, 0.15) is 12.4 Å². The van der Waals surface area contributed by atoms with Crippen LogP contribution in [0, 0.1) is 6.92 Å². The van der Waals surface area contributed by atoms with Crippen LogP contribution in [0.15, 0.2) is 48.5 Å². The fourth-order valence-electron chi connectivity index (χ4n) is 1.68. The number of rotatable bonds is 5. The van der Waals surface area contributed by atoms with E-state index in [1.165, 1.54) is 0 Å². The Balaban J connectivity index is 1.78. The van der Waals surface area contributed by atoms with E-state index in [9.17, 15) is 4.79 Å². The molecule has 0 aliphatic rings. The van der Waals surface area contributed by atoms with Crippen molar-refractivity contribution in [1.82, 2.24) is 0 Å². The molecule has 0 saturated carbocycles. The van der Waals surface area contributed by atoms with Gasteiger partial charge in [-0.3, -0.25) is 0 Å². The van der Waals surface area contributed by atoms with Crippen LogP contribution in [0.3, 0.4) is 0 Å². The maximum Gasteiger partial charge on any atom is 0.344 e. The number of benzene rings is 2. The quantitative estimate of drug-likeness (QED) is 0.671. The lowest BCUT2D eigenvalue weighted by molar-refractivity contribution is -0.147. The van der Waals surface area contributed by atoms with Crippen molar-refractivity contribution in [2.75, 3.05) is 12.3 Å². The highest BCUT2D eigenvalue weighted by Gasteiger charge is 2.06. The maximum absolute atomic E-state index is 11.6. The Morgan fingerprint density at radius 3 is 2.50 bits per heavy atom. The Bertz CT molecular complexity index is 579. The topological polar surface area (TPSA) is 61.5 Å². The SMILES string of the molecule is Cc1ccccc1COC(=O)COc1ccc(N)cc1. The number of esters is 1. The lowest BCUT2D eigenvalue weighted by Crippen LogP contribution is -2.15. The van der Waals surface area contributed by atoms with Gasteiger partial charge in [0.2, 0.25) is 0 Å². The predicted molar refractivity (Wildman–Crippen MR) is 77.3 cm³/mol. The summed E-state index contributed by atoms with van der Waals surface area (Å²) in [4.78, 5) is 11.6. The second-order valence-corrected chi connectivity index (χ2v) is 4.44. The Morgan fingerprint density at radius 2 is 1.80 bits per heavy atom. The van der Waals surface area contributed by atoms with Crippen LogP contribution in [0.25, 0.3) is 0 Å². The van der Waals surface area contributed by atoms with E-state index in [1.807, 2.05) is 31.2 Å². The van der Waals surface area contributed by atoms with Crippen molar-refractivity contribution >= 4 is 11.7 Å². The van der Waals surface area contributed by atoms with E-state index in [2.05, 4.69) is 0 Å². The first-order valence-electron chi connectivity index (χ1n) is 6.33. The summed E-state index contributed by atoms with van der Waals surface area (Å²) in [6, 6.07) is 14.6. The second-order valence-electron chi connectivity index (χ2n) is 4.44. The minimum absolute atomic E-state index is 0.115. The molecule has 2 rings (SSSR count). The second kappa shape index (κ2) is 6.61. The molecule has 2 aromatic carbocycles. The molecule has 0 spiro atoms. The van der Waals surface area contributed by atoms with Crippen molar-refractivity contribution in [3.8, 4) is 5.75 Å². The number of carbonyl (C=O) groups excluding carboxylic acids is 1. The zero-order chi connectivity index (χ0) is 14.4. The van der Waals surface area contributed by atoms with Gasteiger partial charge in [-0.25, -0.2) is 4.79 Å². The highest BCUT2D eigenvalue weighted by molar-refractivity contribution is 5.71. The zero-order valence-electron chi connectivity index (χ0n) is 11.3. The summed E-state index contributed by atoms with van der Waals surface area (Å²) in [6.45, 7) is 2.13. The summed E-state index contributed by atoms with van der Waals surface area (Å²) in [5, 5.41) is 0. The van der Waals surface area contributed by atoms with E-state index in [-0.39, 0.29) is 13.2 Å². The normalized spacial score (nSPS) is 10.1. The third kappa shape index (κ3) is 4.02. The van der Waals surface area contributed by atoms with Gasteiger partial charge >= 0.3 is 5.97 Å². The Kier molecular flexibility index (Phi) is 4.60. The van der Waals surface area contributed by atoms with Crippen LogP contribution in [-0.2, 0) is 16.1 Å². The van der Waals surface area contributed by atoms with Gasteiger partial charge in [-0.2, -0.15) is 0 Å². The standard InChI is InChI=1S/C16H17NO3/c1-12-4-2-3-5-13(12)10-20-16(18)11-19-15-8-6-14(17)7-9-15/h2-9H,10-11,17H2,1H3. The highest BCUT2D eigenvalue weighted by Crippen LogP contribution is 2.13. The fourth-order valence-corrected chi connectivity index (χ4v) is 1.68. The summed E-state index contributed by atoms with van der Waals surface area (Å²) >= 11 is 0.